The second-order valence-electron chi connectivity index (χ2n) is 12.2. The molecule has 3 heterocycles. The molecule has 0 radical (unpaired) electrons. The Morgan fingerprint density at radius 2 is 1.62 bits per heavy atom. The fourth-order valence-corrected chi connectivity index (χ4v) is 6.80. The van der Waals surface area contributed by atoms with Crippen molar-refractivity contribution in [3.63, 3.8) is 0 Å². The Bertz CT molecular complexity index is 1780. The molecule has 1 unspecified atom stereocenters. The van der Waals surface area contributed by atoms with E-state index < -0.39 is 18.1 Å². The van der Waals surface area contributed by atoms with Crippen molar-refractivity contribution in [2.24, 2.45) is 7.05 Å². The molecule has 0 saturated carbocycles. The maximum absolute atomic E-state index is 14.3. The molecule has 2 aliphatic heterocycles. The van der Waals surface area contributed by atoms with Gasteiger partial charge in [-0.05, 0) is 72.7 Å². The number of esters is 1. The summed E-state index contributed by atoms with van der Waals surface area (Å²) in [6.45, 7) is 5.35. The number of benzene rings is 3. The number of carbonyl (C=O) groups is 3. The number of hydrogen-bond acceptors (Lipinski definition) is 6. The van der Waals surface area contributed by atoms with Gasteiger partial charge in [0.1, 0.15) is 12.6 Å². The van der Waals surface area contributed by atoms with Crippen LogP contribution in [0.3, 0.4) is 0 Å². The van der Waals surface area contributed by atoms with Crippen LogP contribution in [-0.2, 0) is 47.3 Å². The van der Waals surface area contributed by atoms with Crippen molar-refractivity contribution >= 4 is 18.0 Å². The highest BCUT2D eigenvalue weighted by Gasteiger charge is 2.37. The second-order valence-corrected chi connectivity index (χ2v) is 12.2. The minimum absolute atomic E-state index is 0.0952. The van der Waals surface area contributed by atoms with Crippen LogP contribution in [0.1, 0.15) is 72.9 Å². The summed E-state index contributed by atoms with van der Waals surface area (Å²) in [4.78, 5) is 44.6. The van der Waals surface area contributed by atoms with Gasteiger partial charge in [0.15, 0.2) is 0 Å². The number of rotatable bonds is 8. The topological polar surface area (TPSA) is 90.3 Å². The number of nitrogens with zero attached hydrogens (tertiary/aromatic N) is 3. The zero-order valence-corrected chi connectivity index (χ0v) is 27.4. The number of fused-ring (bicyclic) bond motifs is 2. The monoisotopic (exact) mass is 635 g/mol. The molecule has 47 heavy (non-hydrogen) atoms. The Hall–Kier alpha value is -4.89. The fourth-order valence-electron chi connectivity index (χ4n) is 6.80. The number of hydrogen-bond donors (Lipinski definition) is 0. The van der Waals surface area contributed by atoms with Crippen molar-refractivity contribution in [3.05, 3.63) is 129 Å². The van der Waals surface area contributed by atoms with Crippen molar-refractivity contribution in [1.82, 2.24) is 14.4 Å². The summed E-state index contributed by atoms with van der Waals surface area (Å²) in [5.41, 5.74) is 7.54. The Labute approximate surface area is 275 Å². The van der Waals surface area contributed by atoms with Gasteiger partial charge in [0.05, 0.1) is 24.8 Å². The van der Waals surface area contributed by atoms with Crippen molar-refractivity contribution < 1.29 is 28.6 Å². The molecule has 2 amide bonds. The second kappa shape index (κ2) is 13.8. The lowest BCUT2D eigenvalue weighted by molar-refractivity contribution is 0.0476. The fraction of sp³-hybridized carbons (Fsp3) is 0.342. The van der Waals surface area contributed by atoms with E-state index in [0.29, 0.717) is 43.7 Å². The molecule has 0 aliphatic carbocycles. The summed E-state index contributed by atoms with van der Waals surface area (Å²) in [6, 6.07) is 24.6. The predicted molar refractivity (Wildman–Crippen MR) is 177 cm³/mol. The molecule has 2 aliphatic rings. The lowest BCUT2D eigenvalue weighted by atomic mass is 9.88. The largest absolute Gasteiger partial charge is 0.462 e. The number of amides is 2. The Kier molecular flexibility index (Phi) is 9.45. The third-order valence-electron chi connectivity index (χ3n) is 9.38. The maximum atomic E-state index is 14.3. The van der Waals surface area contributed by atoms with Crippen molar-refractivity contribution in [2.45, 2.75) is 51.9 Å². The first-order chi connectivity index (χ1) is 22.8. The van der Waals surface area contributed by atoms with Crippen LogP contribution in [0.25, 0.3) is 0 Å². The molecule has 2 atom stereocenters. The van der Waals surface area contributed by atoms with Crippen molar-refractivity contribution in [3.8, 4) is 0 Å². The Balaban J connectivity index is 1.39. The van der Waals surface area contributed by atoms with Gasteiger partial charge in [-0.1, -0.05) is 60.7 Å². The number of ether oxygens (including phenoxy) is 3. The molecule has 4 aromatic rings. The molecule has 9 nitrogen and oxygen atoms in total. The van der Waals surface area contributed by atoms with Crippen LogP contribution in [0.15, 0.2) is 78.9 Å². The highest BCUT2D eigenvalue weighted by Crippen LogP contribution is 2.38. The third kappa shape index (κ3) is 6.40. The summed E-state index contributed by atoms with van der Waals surface area (Å²) < 4.78 is 18.7. The summed E-state index contributed by atoms with van der Waals surface area (Å²) in [5, 5.41) is 0. The zero-order valence-electron chi connectivity index (χ0n) is 27.4. The molecule has 0 bridgehead atoms. The normalized spacial score (nSPS) is 17.1. The molecule has 9 heteroatoms. The van der Waals surface area contributed by atoms with Gasteiger partial charge in [0.2, 0.25) is 0 Å². The van der Waals surface area contributed by atoms with Gasteiger partial charge in [0, 0.05) is 44.2 Å². The van der Waals surface area contributed by atoms with Crippen LogP contribution in [0.2, 0.25) is 0 Å². The van der Waals surface area contributed by atoms with Gasteiger partial charge < -0.3 is 23.7 Å². The van der Waals surface area contributed by atoms with E-state index in [-0.39, 0.29) is 25.2 Å². The summed E-state index contributed by atoms with van der Waals surface area (Å²) >= 11 is 0. The van der Waals surface area contributed by atoms with E-state index in [4.69, 9.17) is 14.2 Å². The van der Waals surface area contributed by atoms with E-state index >= 15 is 0 Å². The summed E-state index contributed by atoms with van der Waals surface area (Å²) in [7, 11) is 3.54. The SMILES string of the molecule is CCOC(=O)c1cc(C2c3cc(C(=O)N4Cc5ccccc5C[C@H]4COC)ccc3CCN2C(=O)OCc2ccccc2)n(C)c1C. The number of aromatic nitrogens is 1. The van der Waals surface area contributed by atoms with E-state index in [9.17, 15) is 14.4 Å². The average molecular weight is 636 g/mol. The minimum atomic E-state index is -0.599. The van der Waals surface area contributed by atoms with Crippen LogP contribution in [0.5, 0.6) is 0 Å². The van der Waals surface area contributed by atoms with E-state index in [0.717, 1.165) is 33.6 Å². The van der Waals surface area contributed by atoms with Gasteiger partial charge in [-0.2, -0.15) is 0 Å². The first-order valence-corrected chi connectivity index (χ1v) is 16.1. The van der Waals surface area contributed by atoms with Gasteiger partial charge >= 0.3 is 12.1 Å². The number of methoxy groups -OCH3 is 1. The van der Waals surface area contributed by atoms with Crippen LogP contribution in [-0.4, -0.2) is 65.2 Å². The van der Waals surface area contributed by atoms with Gasteiger partial charge in [-0.15, -0.1) is 0 Å². The predicted octanol–water partition coefficient (Wildman–Crippen LogP) is 6.01. The van der Waals surface area contributed by atoms with Crippen LogP contribution < -0.4 is 0 Å². The smallest absolute Gasteiger partial charge is 0.410 e. The van der Waals surface area contributed by atoms with Crippen LogP contribution in [0.4, 0.5) is 4.79 Å². The Morgan fingerprint density at radius 1 is 0.872 bits per heavy atom. The first kappa shape index (κ1) is 32.1. The minimum Gasteiger partial charge on any atom is -0.462 e. The average Bonchev–Trinajstić information content (AvgIpc) is 3.39. The molecule has 6 rings (SSSR count). The molecular formula is C38H41N3O6. The lowest BCUT2D eigenvalue weighted by Gasteiger charge is -2.38. The molecule has 0 fully saturated rings. The first-order valence-electron chi connectivity index (χ1n) is 16.1. The van der Waals surface area contributed by atoms with Crippen molar-refractivity contribution in [1.29, 1.82) is 0 Å². The third-order valence-corrected chi connectivity index (χ3v) is 9.38. The molecule has 1 aromatic heterocycles. The highest BCUT2D eigenvalue weighted by atomic mass is 16.6. The highest BCUT2D eigenvalue weighted by molar-refractivity contribution is 5.95. The lowest BCUT2D eigenvalue weighted by Crippen LogP contribution is -2.46. The van der Waals surface area contributed by atoms with Crippen molar-refractivity contribution in [2.75, 3.05) is 26.9 Å². The molecule has 0 N–H and O–H groups in total. The summed E-state index contributed by atoms with van der Waals surface area (Å²) in [5.74, 6) is -0.512. The van der Waals surface area contributed by atoms with Gasteiger partial charge in [-0.3, -0.25) is 9.69 Å². The van der Waals surface area contributed by atoms with E-state index in [2.05, 4.69) is 12.1 Å². The Morgan fingerprint density at radius 3 is 2.36 bits per heavy atom. The maximum Gasteiger partial charge on any atom is 0.410 e. The molecule has 0 spiro atoms. The quantitative estimate of drug-likeness (QED) is 0.221. The zero-order chi connectivity index (χ0) is 33.1. The molecule has 244 valence electrons. The van der Waals surface area contributed by atoms with Crippen LogP contribution in [0, 0.1) is 6.92 Å². The number of carbonyl (C=O) groups excluding carboxylic acids is 3. The van der Waals surface area contributed by atoms with Gasteiger partial charge in [0.25, 0.3) is 5.91 Å². The molecule has 3 aromatic carbocycles. The van der Waals surface area contributed by atoms with E-state index in [1.54, 1.807) is 25.0 Å². The molecule has 0 saturated heterocycles. The van der Waals surface area contributed by atoms with Gasteiger partial charge in [-0.25, -0.2) is 9.59 Å². The molecular weight excluding hydrogens is 594 g/mol. The van der Waals surface area contributed by atoms with E-state index in [1.165, 1.54) is 5.56 Å². The summed E-state index contributed by atoms with van der Waals surface area (Å²) in [6.07, 6.45) is 0.840. The van der Waals surface area contributed by atoms with Crippen LogP contribution >= 0.6 is 0 Å². The van der Waals surface area contributed by atoms with E-state index in [1.807, 2.05) is 84.1 Å². The standard InChI is InChI=1S/C38H41N3O6/c1-5-46-37(43)32-21-34(39(3)25(32)2)35-33-20-29(36(42)41-22-30-14-10-9-13-28(30)19-31(41)24-45-4)16-15-27(33)17-18-40(35)38(44)47-23-26-11-7-6-8-12-26/h6-16,20-21,31,35H,5,17-19,22-24H2,1-4H3/t31-,35?/m0/s1.